The average molecular weight is 209 g/mol. The maximum Gasteiger partial charge on any atom is 0.151 e. The Morgan fingerprint density at radius 1 is 1.33 bits per heavy atom. The zero-order valence-corrected chi connectivity index (χ0v) is 9.50. The van der Waals surface area contributed by atoms with Crippen LogP contribution in [0, 0.1) is 19.7 Å². The van der Waals surface area contributed by atoms with E-state index in [9.17, 15) is 4.39 Å². The van der Waals surface area contributed by atoms with Gasteiger partial charge in [-0.2, -0.15) is 0 Å². The average Bonchev–Trinajstić information content (AvgIpc) is 2.59. The Hall–Kier alpha value is -1.58. The predicted octanol–water partition coefficient (Wildman–Crippen LogP) is 2.70. The van der Waals surface area contributed by atoms with Crippen LogP contribution in [0.15, 0.2) is 12.3 Å². The van der Waals surface area contributed by atoms with Gasteiger partial charge in [0.25, 0.3) is 0 Å². The third-order valence-electron chi connectivity index (χ3n) is 2.12. The summed E-state index contributed by atoms with van der Waals surface area (Å²) >= 11 is 0. The van der Waals surface area contributed by atoms with Crippen LogP contribution in [-0.4, -0.2) is 9.38 Å². The third kappa shape index (κ3) is 1.93. The topological polar surface area (TPSA) is 43.3 Å². The first kappa shape index (κ1) is 11.5. The van der Waals surface area contributed by atoms with E-state index in [1.807, 2.05) is 27.0 Å². The lowest BCUT2D eigenvalue weighted by Crippen LogP contribution is -2.00. The molecule has 0 atom stereocenters. The normalized spacial score (nSPS) is 9.93. The quantitative estimate of drug-likeness (QED) is 0.725. The molecule has 2 aromatic heterocycles. The Balaban J connectivity index is 0.000000531. The molecule has 2 heterocycles. The van der Waals surface area contributed by atoms with Crippen LogP contribution in [0.4, 0.5) is 10.1 Å². The van der Waals surface area contributed by atoms with Crippen LogP contribution in [0.3, 0.4) is 0 Å². The fourth-order valence-corrected chi connectivity index (χ4v) is 1.38. The molecule has 0 unspecified atom stereocenters. The van der Waals surface area contributed by atoms with Gasteiger partial charge in [0.15, 0.2) is 5.82 Å². The van der Waals surface area contributed by atoms with Crippen LogP contribution < -0.4 is 5.73 Å². The van der Waals surface area contributed by atoms with Crippen LogP contribution in [0.25, 0.3) is 5.65 Å². The number of aryl methyl sites for hydroxylation is 2. The molecule has 4 heteroatoms. The summed E-state index contributed by atoms with van der Waals surface area (Å²) < 4.78 is 14.9. The number of nitrogen functional groups attached to an aromatic ring is 1. The van der Waals surface area contributed by atoms with E-state index in [-0.39, 0.29) is 5.69 Å². The van der Waals surface area contributed by atoms with Gasteiger partial charge in [0.2, 0.25) is 0 Å². The minimum atomic E-state index is -0.407. The van der Waals surface area contributed by atoms with Gasteiger partial charge in [-0.05, 0) is 13.8 Å². The zero-order valence-electron chi connectivity index (χ0n) is 9.50. The Morgan fingerprint density at radius 2 is 1.93 bits per heavy atom. The molecule has 82 valence electrons. The number of halogens is 1. The van der Waals surface area contributed by atoms with Crippen LogP contribution in [0.5, 0.6) is 0 Å². The largest absolute Gasteiger partial charge is 0.395 e. The summed E-state index contributed by atoms with van der Waals surface area (Å²) in [4.78, 5) is 4.14. The van der Waals surface area contributed by atoms with Gasteiger partial charge in [-0.1, -0.05) is 13.8 Å². The maximum absolute atomic E-state index is 13.1. The minimum Gasteiger partial charge on any atom is -0.395 e. The summed E-state index contributed by atoms with van der Waals surface area (Å²) in [7, 11) is 0. The Labute approximate surface area is 88.7 Å². The molecule has 0 aliphatic carbocycles. The molecule has 2 aromatic rings. The molecule has 0 spiro atoms. The van der Waals surface area contributed by atoms with Crippen LogP contribution in [0.2, 0.25) is 0 Å². The second-order valence-corrected chi connectivity index (χ2v) is 3.10. The molecule has 0 fully saturated rings. The van der Waals surface area contributed by atoms with Crippen molar-refractivity contribution in [2.75, 3.05) is 5.73 Å². The highest BCUT2D eigenvalue weighted by Crippen LogP contribution is 2.18. The van der Waals surface area contributed by atoms with E-state index in [4.69, 9.17) is 5.73 Å². The summed E-state index contributed by atoms with van der Waals surface area (Å²) in [5.74, 6) is -0.407. The van der Waals surface area contributed by atoms with Gasteiger partial charge in [-0.3, -0.25) is 0 Å². The fourth-order valence-electron chi connectivity index (χ4n) is 1.38. The second kappa shape index (κ2) is 4.29. The molecule has 2 N–H and O–H groups in total. The summed E-state index contributed by atoms with van der Waals surface area (Å²) in [6.45, 7) is 7.63. The van der Waals surface area contributed by atoms with Crippen molar-refractivity contribution in [2.24, 2.45) is 0 Å². The van der Waals surface area contributed by atoms with Gasteiger partial charge >= 0.3 is 0 Å². The van der Waals surface area contributed by atoms with E-state index in [1.165, 1.54) is 6.07 Å². The number of anilines is 1. The van der Waals surface area contributed by atoms with E-state index >= 15 is 0 Å². The molecule has 0 aromatic carbocycles. The van der Waals surface area contributed by atoms with Crippen molar-refractivity contribution in [1.82, 2.24) is 9.38 Å². The van der Waals surface area contributed by atoms with E-state index in [0.29, 0.717) is 11.3 Å². The lowest BCUT2D eigenvalue weighted by Gasteiger charge is -2.04. The van der Waals surface area contributed by atoms with Crippen molar-refractivity contribution >= 4 is 11.3 Å². The number of imidazole rings is 1. The zero-order chi connectivity index (χ0) is 11.6. The summed E-state index contributed by atoms with van der Waals surface area (Å²) in [6, 6.07) is 1.34. The van der Waals surface area contributed by atoms with Crippen LogP contribution in [0.1, 0.15) is 25.2 Å². The van der Waals surface area contributed by atoms with Gasteiger partial charge in [0, 0.05) is 18.0 Å². The van der Waals surface area contributed by atoms with E-state index in [0.717, 1.165) is 5.69 Å². The first-order valence-electron chi connectivity index (χ1n) is 5.00. The maximum atomic E-state index is 13.1. The van der Waals surface area contributed by atoms with Crippen molar-refractivity contribution in [1.29, 1.82) is 0 Å². The molecule has 0 amide bonds. The number of nitrogens with two attached hydrogens (primary N) is 1. The Morgan fingerprint density at radius 3 is 2.53 bits per heavy atom. The molecule has 15 heavy (non-hydrogen) atoms. The summed E-state index contributed by atoms with van der Waals surface area (Å²) in [5.41, 5.74) is 7.86. The molecule has 0 aliphatic heterocycles. The predicted molar refractivity (Wildman–Crippen MR) is 60.4 cm³/mol. The van der Waals surface area contributed by atoms with E-state index < -0.39 is 5.82 Å². The Kier molecular flexibility index (Phi) is 3.29. The lowest BCUT2D eigenvalue weighted by molar-refractivity contribution is 0.629. The van der Waals surface area contributed by atoms with Crippen molar-refractivity contribution in [3.63, 3.8) is 0 Å². The van der Waals surface area contributed by atoms with Gasteiger partial charge < -0.3 is 10.1 Å². The monoisotopic (exact) mass is 209 g/mol. The molecule has 0 aliphatic rings. The number of pyridine rings is 1. The first-order valence-corrected chi connectivity index (χ1v) is 5.00. The molecule has 0 bridgehead atoms. The highest BCUT2D eigenvalue weighted by atomic mass is 19.1. The summed E-state index contributed by atoms with van der Waals surface area (Å²) in [6.07, 6.45) is 1.83. The van der Waals surface area contributed by atoms with Gasteiger partial charge in [-0.15, -0.1) is 0 Å². The lowest BCUT2D eigenvalue weighted by atomic mass is 10.3. The standard InChI is InChI=1S/C9H10FN3.C2H6/c1-5-4-13-6(2)9(11)7(10)3-8(13)12-5;1-2/h3-4H,11H2,1-2H3;1-2H3. The number of hydrogen-bond acceptors (Lipinski definition) is 2. The van der Waals surface area contributed by atoms with Gasteiger partial charge in [0.1, 0.15) is 5.65 Å². The van der Waals surface area contributed by atoms with Crippen molar-refractivity contribution in [3.8, 4) is 0 Å². The fraction of sp³-hybridized carbons (Fsp3) is 0.364. The van der Waals surface area contributed by atoms with E-state index in [2.05, 4.69) is 4.98 Å². The SMILES string of the molecule is CC.Cc1cn2c(C)c(N)c(F)cc2n1. The Bertz CT molecular complexity index is 474. The van der Waals surface area contributed by atoms with Crippen molar-refractivity contribution in [3.05, 3.63) is 29.5 Å². The number of rotatable bonds is 0. The number of nitrogens with zero attached hydrogens (tertiary/aromatic N) is 2. The molecular formula is C11H16FN3. The van der Waals surface area contributed by atoms with E-state index in [1.54, 1.807) is 11.3 Å². The molecule has 3 nitrogen and oxygen atoms in total. The molecular weight excluding hydrogens is 193 g/mol. The molecule has 0 saturated heterocycles. The second-order valence-electron chi connectivity index (χ2n) is 3.10. The number of fused-ring (bicyclic) bond motifs is 1. The van der Waals surface area contributed by atoms with Crippen molar-refractivity contribution in [2.45, 2.75) is 27.7 Å². The third-order valence-corrected chi connectivity index (χ3v) is 2.12. The first-order chi connectivity index (χ1) is 7.09. The molecule has 0 radical (unpaired) electrons. The number of aromatic nitrogens is 2. The number of hydrogen-bond donors (Lipinski definition) is 1. The molecule has 0 saturated carbocycles. The highest BCUT2D eigenvalue weighted by Gasteiger charge is 2.08. The minimum absolute atomic E-state index is 0.185. The van der Waals surface area contributed by atoms with Crippen LogP contribution >= 0.6 is 0 Å². The van der Waals surface area contributed by atoms with Crippen LogP contribution in [-0.2, 0) is 0 Å². The van der Waals surface area contributed by atoms with Gasteiger partial charge in [0.05, 0.1) is 11.4 Å². The summed E-state index contributed by atoms with van der Waals surface area (Å²) in [5, 5.41) is 0. The highest BCUT2D eigenvalue weighted by molar-refractivity contribution is 5.54. The molecule has 2 rings (SSSR count). The smallest absolute Gasteiger partial charge is 0.151 e. The van der Waals surface area contributed by atoms with Crippen molar-refractivity contribution < 1.29 is 4.39 Å². The van der Waals surface area contributed by atoms with Gasteiger partial charge in [-0.25, -0.2) is 9.37 Å².